The predicted octanol–water partition coefficient (Wildman–Crippen LogP) is 1.91. The van der Waals surface area contributed by atoms with Crippen LogP contribution in [0.15, 0.2) is 12.3 Å². The number of hydrogen-bond donors (Lipinski definition) is 1. The van der Waals surface area contributed by atoms with Gasteiger partial charge in [-0.3, -0.25) is 4.68 Å². The molecule has 5 nitrogen and oxygen atoms in total. The lowest BCUT2D eigenvalue weighted by Gasteiger charge is -2.14. The van der Waals surface area contributed by atoms with Gasteiger partial charge in [0.1, 0.15) is 5.82 Å². The molecular weight excluding hydrogens is 214 g/mol. The van der Waals surface area contributed by atoms with Crippen molar-refractivity contribution in [3.05, 3.63) is 29.2 Å². The minimum atomic E-state index is 0.116. The summed E-state index contributed by atoms with van der Waals surface area (Å²) in [7, 11) is 0. The highest BCUT2D eigenvalue weighted by molar-refractivity contribution is 5.33. The molecule has 92 valence electrons. The summed E-state index contributed by atoms with van der Waals surface area (Å²) >= 11 is 0. The zero-order valence-electron chi connectivity index (χ0n) is 10.8. The molecule has 2 aromatic rings. The molecule has 0 radical (unpaired) electrons. The topological polar surface area (TPSA) is 61.7 Å². The summed E-state index contributed by atoms with van der Waals surface area (Å²) < 4.78 is 3.85. The molecule has 0 amide bonds. The predicted molar refractivity (Wildman–Crippen MR) is 67.8 cm³/mol. The first kappa shape index (κ1) is 11.7. The normalized spacial score (nSPS) is 12.9. The summed E-state index contributed by atoms with van der Waals surface area (Å²) in [6, 6.07) is 1.93. The van der Waals surface area contributed by atoms with Crippen molar-refractivity contribution < 1.29 is 0 Å². The van der Waals surface area contributed by atoms with E-state index in [9.17, 15) is 0 Å². The second-order valence-corrected chi connectivity index (χ2v) is 4.28. The molecule has 0 saturated carbocycles. The monoisotopic (exact) mass is 233 g/mol. The number of rotatable bonds is 3. The fourth-order valence-electron chi connectivity index (χ4n) is 2.39. The first-order valence-corrected chi connectivity index (χ1v) is 5.89. The summed E-state index contributed by atoms with van der Waals surface area (Å²) in [6.07, 6.45) is 1.72. The van der Waals surface area contributed by atoms with E-state index in [2.05, 4.69) is 31.0 Å². The summed E-state index contributed by atoms with van der Waals surface area (Å²) in [5, 5.41) is 8.79. The van der Waals surface area contributed by atoms with Crippen molar-refractivity contribution in [3.8, 4) is 0 Å². The molecule has 2 N–H and O–H groups in total. The van der Waals surface area contributed by atoms with Crippen molar-refractivity contribution in [2.24, 2.45) is 0 Å². The quantitative estimate of drug-likeness (QED) is 0.880. The molecule has 2 heterocycles. The molecule has 0 aliphatic carbocycles. The number of aryl methyl sites for hydroxylation is 2. The standard InChI is InChI=1S/C12H19N5/c1-5-16-9(3)12(8(2)15-16)10(4)17-11(13)6-7-14-17/h6-7,10H,5,13H2,1-4H3. The van der Waals surface area contributed by atoms with E-state index in [4.69, 9.17) is 5.73 Å². The van der Waals surface area contributed by atoms with E-state index < -0.39 is 0 Å². The number of nitrogens with zero attached hydrogens (tertiary/aromatic N) is 4. The zero-order valence-corrected chi connectivity index (χ0v) is 10.8. The highest BCUT2D eigenvalue weighted by Crippen LogP contribution is 2.26. The van der Waals surface area contributed by atoms with Crippen molar-refractivity contribution in [1.29, 1.82) is 0 Å². The molecule has 5 heteroatoms. The van der Waals surface area contributed by atoms with Crippen LogP contribution < -0.4 is 5.73 Å². The van der Waals surface area contributed by atoms with Crippen LogP contribution in [-0.4, -0.2) is 19.6 Å². The minimum absolute atomic E-state index is 0.116. The van der Waals surface area contributed by atoms with Gasteiger partial charge < -0.3 is 5.73 Å². The maximum Gasteiger partial charge on any atom is 0.122 e. The SMILES string of the molecule is CCn1nc(C)c(C(C)n2nccc2N)c1C. The lowest BCUT2D eigenvalue weighted by Crippen LogP contribution is -2.13. The molecule has 17 heavy (non-hydrogen) atoms. The summed E-state index contributed by atoms with van der Waals surface area (Å²) in [6.45, 7) is 9.20. The van der Waals surface area contributed by atoms with Crippen LogP contribution in [0.2, 0.25) is 0 Å². The second-order valence-electron chi connectivity index (χ2n) is 4.28. The number of aromatic nitrogens is 4. The van der Waals surface area contributed by atoms with Crippen LogP contribution in [0.4, 0.5) is 5.82 Å². The zero-order chi connectivity index (χ0) is 12.6. The van der Waals surface area contributed by atoms with Crippen LogP contribution in [0.1, 0.15) is 36.8 Å². The van der Waals surface area contributed by atoms with Crippen LogP contribution in [-0.2, 0) is 6.54 Å². The Labute approximate surface area is 101 Å². The third kappa shape index (κ3) is 1.81. The Morgan fingerprint density at radius 3 is 2.59 bits per heavy atom. The molecule has 0 bridgehead atoms. The van der Waals surface area contributed by atoms with Crippen LogP contribution in [0.25, 0.3) is 0 Å². The fourth-order valence-corrected chi connectivity index (χ4v) is 2.39. The Bertz CT molecular complexity index is 523. The molecular formula is C12H19N5. The van der Waals surface area contributed by atoms with E-state index >= 15 is 0 Å². The number of anilines is 1. The van der Waals surface area contributed by atoms with Gasteiger partial charge in [0.15, 0.2) is 0 Å². The first-order valence-electron chi connectivity index (χ1n) is 5.89. The Morgan fingerprint density at radius 1 is 1.41 bits per heavy atom. The Morgan fingerprint density at radius 2 is 2.12 bits per heavy atom. The molecule has 0 aliphatic rings. The van der Waals surface area contributed by atoms with E-state index in [1.807, 2.05) is 22.4 Å². The van der Waals surface area contributed by atoms with Crippen molar-refractivity contribution in [3.63, 3.8) is 0 Å². The van der Waals surface area contributed by atoms with E-state index in [0.717, 1.165) is 12.2 Å². The van der Waals surface area contributed by atoms with E-state index in [-0.39, 0.29) is 6.04 Å². The van der Waals surface area contributed by atoms with Gasteiger partial charge in [0.25, 0.3) is 0 Å². The highest BCUT2D eigenvalue weighted by Gasteiger charge is 2.19. The van der Waals surface area contributed by atoms with Crippen LogP contribution in [0, 0.1) is 13.8 Å². The first-order chi connectivity index (χ1) is 8.06. The Balaban J connectivity index is 2.47. The van der Waals surface area contributed by atoms with Gasteiger partial charge in [-0.25, -0.2) is 4.68 Å². The van der Waals surface area contributed by atoms with Crippen LogP contribution >= 0.6 is 0 Å². The third-order valence-corrected chi connectivity index (χ3v) is 3.22. The van der Waals surface area contributed by atoms with Gasteiger partial charge in [0.05, 0.1) is 17.9 Å². The maximum absolute atomic E-state index is 5.89. The van der Waals surface area contributed by atoms with Crippen LogP contribution in [0.3, 0.4) is 0 Å². The van der Waals surface area contributed by atoms with Gasteiger partial charge in [-0.15, -0.1) is 0 Å². The van der Waals surface area contributed by atoms with E-state index in [0.29, 0.717) is 5.82 Å². The van der Waals surface area contributed by atoms with Crippen molar-refractivity contribution in [1.82, 2.24) is 19.6 Å². The number of nitrogen functional groups attached to an aromatic ring is 1. The van der Waals surface area contributed by atoms with Gasteiger partial charge in [-0.2, -0.15) is 10.2 Å². The van der Waals surface area contributed by atoms with Gasteiger partial charge in [-0.05, 0) is 33.8 Å². The van der Waals surface area contributed by atoms with Crippen LogP contribution in [0.5, 0.6) is 0 Å². The van der Waals surface area contributed by atoms with E-state index in [1.165, 1.54) is 11.3 Å². The molecule has 1 atom stereocenters. The Kier molecular flexibility index (Phi) is 2.92. The largest absolute Gasteiger partial charge is 0.384 e. The van der Waals surface area contributed by atoms with E-state index in [1.54, 1.807) is 6.20 Å². The molecule has 1 unspecified atom stereocenters. The summed E-state index contributed by atoms with van der Waals surface area (Å²) in [5.41, 5.74) is 9.34. The average Bonchev–Trinajstić information content (AvgIpc) is 2.82. The van der Waals surface area contributed by atoms with Crippen molar-refractivity contribution in [2.75, 3.05) is 5.73 Å². The molecule has 2 aromatic heterocycles. The lowest BCUT2D eigenvalue weighted by molar-refractivity contribution is 0.564. The minimum Gasteiger partial charge on any atom is -0.384 e. The highest BCUT2D eigenvalue weighted by atomic mass is 15.3. The van der Waals surface area contributed by atoms with Crippen molar-refractivity contribution in [2.45, 2.75) is 40.3 Å². The van der Waals surface area contributed by atoms with Crippen molar-refractivity contribution >= 4 is 5.82 Å². The number of hydrogen-bond acceptors (Lipinski definition) is 3. The molecule has 0 saturated heterocycles. The summed E-state index contributed by atoms with van der Waals surface area (Å²) in [4.78, 5) is 0. The fraction of sp³-hybridized carbons (Fsp3) is 0.500. The second kappa shape index (κ2) is 4.24. The molecule has 0 aliphatic heterocycles. The third-order valence-electron chi connectivity index (χ3n) is 3.22. The molecule has 0 aromatic carbocycles. The van der Waals surface area contributed by atoms with Gasteiger partial charge in [-0.1, -0.05) is 0 Å². The number of nitrogens with two attached hydrogens (primary N) is 1. The average molecular weight is 233 g/mol. The molecule has 0 spiro atoms. The maximum atomic E-state index is 5.89. The van der Waals surface area contributed by atoms with Gasteiger partial charge in [0.2, 0.25) is 0 Å². The smallest absolute Gasteiger partial charge is 0.122 e. The lowest BCUT2D eigenvalue weighted by atomic mass is 10.1. The Hall–Kier alpha value is -1.78. The molecule has 2 rings (SSSR count). The molecule has 0 fully saturated rings. The van der Waals surface area contributed by atoms with Gasteiger partial charge in [0, 0.05) is 17.8 Å². The summed E-state index contributed by atoms with van der Waals surface area (Å²) in [5.74, 6) is 0.681. The van der Waals surface area contributed by atoms with Gasteiger partial charge >= 0.3 is 0 Å².